The second kappa shape index (κ2) is 5.10. The lowest BCUT2D eigenvalue weighted by molar-refractivity contribution is 0.0179. The molecular weight excluding hydrogens is 176 g/mol. The Balaban J connectivity index is 1.87. The second-order valence-electron chi connectivity index (χ2n) is 4.57. The van der Waals surface area contributed by atoms with Crippen LogP contribution < -0.4 is 5.32 Å². The molecule has 82 valence electrons. The van der Waals surface area contributed by atoms with Gasteiger partial charge in [0.05, 0.1) is 6.61 Å². The Morgan fingerprint density at radius 2 is 2.29 bits per heavy atom. The highest BCUT2D eigenvalue weighted by atomic mass is 16.5. The third-order valence-corrected chi connectivity index (χ3v) is 3.28. The van der Waals surface area contributed by atoms with E-state index in [0.29, 0.717) is 12.1 Å². The van der Waals surface area contributed by atoms with Crippen LogP contribution in [0, 0.1) is 0 Å². The van der Waals surface area contributed by atoms with Gasteiger partial charge in [-0.3, -0.25) is 4.90 Å². The molecule has 0 saturated carbocycles. The van der Waals surface area contributed by atoms with Gasteiger partial charge in [0.2, 0.25) is 0 Å². The van der Waals surface area contributed by atoms with E-state index in [-0.39, 0.29) is 0 Å². The molecule has 14 heavy (non-hydrogen) atoms. The fraction of sp³-hybridized carbons (Fsp3) is 1.00. The number of nitrogens with zero attached hydrogens (tertiary/aromatic N) is 1. The first-order valence-corrected chi connectivity index (χ1v) is 5.91. The van der Waals surface area contributed by atoms with Crippen molar-refractivity contribution in [3.8, 4) is 0 Å². The normalized spacial score (nSPS) is 36.6. The van der Waals surface area contributed by atoms with E-state index in [0.717, 1.165) is 13.2 Å². The van der Waals surface area contributed by atoms with Crippen molar-refractivity contribution in [1.82, 2.24) is 10.2 Å². The third kappa shape index (κ3) is 2.69. The third-order valence-electron chi connectivity index (χ3n) is 3.28. The first-order chi connectivity index (χ1) is 6.86. The van der Waals surface area contributed by atoms with Gasteiger partial charge >= 0.3 is 0 Å². The van der Waals surface area contributed by atoms with Crippen LogP contribution in [0.4, 0.5) is 0 Å². The molecule has 2 unspecified atom stereocenters. The summed E-state index contributed by atoms with van der Waals surface area (Å²) in [5.74, 6) is 0. The Labute approximate surface area is 86.8 Å². The molecule has 0 bridgehead atoms. The number of ether oxygens (including phenoxy) is 1. The van der Waals surface area contributed by atoms with E-state index in [1.165, 1.54) is 38.9 Å². The van der Waals surface area contributed by atoms with Gasteiger partial charge in [-0.1, -0.05) is 0 Å². The van der Waals surface area contributed by atoms with E-state index in [1.807, 2.05) is 0 Å². The predicted molar refractivity (Wildman–Crippen MR) is 57.5 cm³/mol. The van der Waals surface area contributed by atoms with Crippen molar-refractivity contribution in [3.63, 3.8) is 0 Å². The summed E-state index contributed by atoms with van der Waals surface area (Å²) in [5.41, 5.74) is 0. The summed E-state index contributed by atoms with van der Waals surface area (Å²) in [6.07, 6.45) is 3.84. The zero-order valence-electron chi connectivity index (χ0n) is 9.17. The smallest absolute Gasteiger partial charge is 0.0621 e. The largest absolute Gasteiger partial charge is 0.380 e. The van der Waals surface area contributed by atoms with Crippen molar-refractivity contribution >= 4 is 0 Å². The number of hydrogen-bond donors (Lipinski definition) is 1. The second-order valence-corrected chi connectivity index (χ2v) is 4.57. The molecule has 2 atom stereocenters. The lowest BCUT2D eigenvalue weighted by Crippen LogP contribution is -2.45. The van der Waals surface area contributed by atoms with Gasteiger partial charge in [-0.2, -0.15) is 0 Å². The van der Waals surface area contributed by atoms with Crippen LogP contribution in [0.25, 0.3) is 0 Å². The first kappa shape index (κ1) is 10.4. The summed E-state index contributed by atoms with van der Waals surface area (Å²) in [6.45, 7) is 7.80. The summed E-state index contributed by atoms with van der Waals surface area (Å²) in [7, 11) is 0. The van der Waals surface area contributed by atoms with Gasteiger partial charge in [-0.25, -0.2) is 0 Å². The molecule has 0 aromatic heterocycles. The zero-order chi connectivity index (χ0) is 9.80. The van der Waals surface area contributed by atoms with Crippen molar-refractivity contribution in [2.24, 2.45) is 0 Å². The summed E-state index contributed by atoms with van der Waals surface area (Å²) >= 11 is 0. The Kier molecular flexibility index (Phi) is 3.79. The van der Waals surface area contributed by atoms with E-state index in [1.54, 1.807) is 0 Å². The minimum Gasteiger partial charge on any atom is -0.380 e. The van der Waals surface area contributed by atoms with Crippen molar-refractivity contribution in [2.45, 2.75) is 38.3 Å². The molecule has 3 nitrogen and oxygen atoms in total. The van der Waals surface area contributed by atoms with Gasteiger partial charge < -0.3 is 10.1 Å². The number of nitrogens with one attached hydrogen (secondary N) is 1. The molecule has 2 aliphatic heterocycles. The van der Waals surface area contributed by atoms with E-state index in [2.05, 4.69) is 17.1 Å². The van der Waals surface area contributed by atoms with Gasteiger partial charge in [0, 0.05) is 25.2 Å². The van der Waals surface area contributed by atoms with Gasteiger partial charge in [-0.15, -0.1) is 0 Å². The predicted octanol–water partition coefficient (Wildman–Crippen LogP) is 0.849. The lowest BCUT2D eigenvalue weighted by Gasteiger charge is -2.34. The topological polar surface area (TPSA) is 24.5 Å². The van der Waals surface area contributed by atoms with Crippen LogP contribution in [0.1, 0.15) is 26.2 Å². The standard InChI is InChI=1S/C11H22N2O/c1-10-8-13(6-3-5-12-10)11-4-2-7-14-9-11/h10-12H,2-9H2,1H3. The fourth-order valence-electron chi connectivity index (χ4n) is 2.48. The molecule has 0 aromatic carbocycles. The highest BCUT2D eigenvalue weighted by molar-refractivity contribution is 4.80. The zero-order valence-corrected chi connectivity index (χ0v) is 9.17. The summed E-state index contributed by atoms with van der Waals surface area (Å²) in [5, 5.41) is 3.53. The average Bonchev–Trinajstić information content (AvgIpc) is 2.44. The molecule has 3 heteroatoms. The molecular formula is C11H22N2O. The summed E-state index contributed by atoms with van der Waals surface area (Å²) < 4.78 is 5.55. The maximum atomic E-state index is 5.55. The molecule has 0 aliphatic carbocycles. The Morgan fingerprint density at radius 1 is 1.36 bits per heavy atom. The van der Waals surface area contributed by atoms with Crippen LogP contribution >= 0.6 is 0 Å². The molecule has 1 N–H and O–H groups in total. The minimum atomic E-state index is 0.638. The highest BCUT2D eigenvalue weighted by Gasteiger charge is 2.24. The van der Waals surface area contributed by atoms with E-state index >= 15 is 0 Å². The number of hydrogen-bond acceptors (Lipinski definition) is 3. The van der Waals surface area contributed by atoms with Crippen molar-refractivity contribution in [2.75, 3.05) is 32.8 Å². The van der Waals surface area contributed by atoms with Gasteiger partial charge in [-0.05, 0) is 39.3 Å². The fourth-order valence-corrected chi connectivity index (χ4v) is 2.48. The van der Waals surface area contributed by atoms with Crippen LogP contribution in [0.2, 0.25) is 0 Å². The minimum absolute atomic E-state index is 0.638. The Morgan fingerprint density at radius 3 is 3.07 bits per heavy atom. The molecule has 0 aromatic rings. The molecule has 0 amide bonds. The van der Waals surface area contributed by atoms with Gasteiger partial charge in [0.1, 0.15) is 0 Å². The van der Waals surface area contributed by atoms with Crippen LogP contribution in [-0.2, 0) is 4.74 Å². The monoisotopic (exact) mass is 198 g/mol. The van der Waals surface area contributed by atoms with Crippen LogP contribution in [0.5, 0.6) is 0 Å². The van der Waals surface area contributed by atoms with Crippen molar-refractivity contribution < 1.29 is 4.74 Å². The van der Waals surface area contributed by atoms with Crippen LogP contribution in [0.3, 0.4) is 0 Å². The Bertz CT molecular complexity index is 169. The van der Waals surface area contributed by atoms with Crippen molar-refractivity contribution in [3.05, 3.63) is 0 Å². The van der Waals surface area contributed by atoms with Crippen LogP contribution in [0.15, 0.2) is 0 Å². The molecule has 2 heterocycles. The molecule has 0 spiro atoms. The maximum absolute atomic E-state index is 5.55. The Hall–Kier alpha value is -0.120. The summed E-state index contributed by atoms with van der Waals surface area (Å²) in [6, 6.07) is 1.32. The quantitative estimate of drug-likeness (QED) is 0.676. The molecule has 0 radical (unpaired) electrons. The number of rotatable bonds is 1. The van der Waals surface area contributed by atoms with Gasteiger partial charge in [0.25, 0.3) is 0 Å². The average molecular weight is 198 g/mol. The lowest BCUT2D eigenvalue weighted by atomic mass is 10.1. The highest BCUT2D eigenvalue weighted by Crippen LogP contribution is 2.15. The molecule has 2 fully saturated rings. The SMILES string of the molecule is CC1CN(C2CCCOC2)CCCN1. The first-order valence-electron chi connectivity index (χ1n) is 5.91. The van der Waals surface area contributed by atoms with Crippen LogP contribution in [-0.4, -0.2) is 49.8 Å². The molecule has 2 aliphatic rings. The van der Waals surface area contributed by atoms with Crippen molar-refractivity contribution in [1.29, 1.82) is 0 Å². The maximum Gasteiger partial charge on any atom is 0.0621 e. The van der Waals surface area contributed by atoms with E-state index in [4.69, 9.17) is 4.74 Å². The van der Waals surface area contributed by atoms with Gasteiger partial charge in [0.15, 0.2) is 0 Å². The van der Waals surface area contributed by atoms with E-state index < -0.39 is 0 Å². The summed E-state index contributed by atoms with van der Waals surface area (Å²) in [4.78, 5) is 2.61. The molecule has 2 saturated heterocycles. The van der Waals surface area contributed by atoms with E-state index in [9.17, 15) is 0 Å². The molecule has 2 rings (SSSR count).